The fraction of sp³-hybridized carbons (Fsp3) is 0.273. The van der Waals surface area contributed by atoms with Gasteiger partial charge in [0.25, 0.3) is 11.8 Å². The van der Waals surface area contributed by atoms with Gasteiger partial charge in [0.2, 0.25) is 0 Å². The highest BCUT2D eigenvalue weighted by Gasteiger charge is 2.22. The molecule has 2 heterocycles. The van der Waals surface area contributed by atoms with Crippen LogP contribution in [0.1, 0.15) is 25.4 Å². The summed E-state index contributed by atoms with van der Waals surface area (Å²) in [6.07, 6.45) is 2.94. The van der Waals surface area contributed by atoms with E-state index in [4.69, 9.17) is 18.3 Å². The Hall–Kier alpha value is -3.74. The standard InChI is InChI=1S/C22H22N4O6S2/c1-3-29-21(17(11-23)19(27)25-13-15-7-5-9-31-15)33-34-22(30-4-2)18(12-24)20(28)26-14-16-8-6-10-32-16/h5-10H,3-4,13-14H2,1-2H3,(H,25,27)(H,26,28)/b21-17-,22-18-. The predicted octanol–water partition coefficient (Wildman–Crippen LogP) is 3.73. The zero-order chi connectivity index (χ0) is 24.8. The number of ether oxygens (including phenoxy) is 2. The van der Waals surface area contributed by atoms with Gasteiger partial charge in [0.15, 0.2) is 21.3 Å². The molecule has 12 heteroatoms. The molecule has 0 unspecified atom stereocenters. The molecule has 2 aromatic rings. The van der Waals surface area contributed by atoms with E-state index in [1.165, 1.54) is 12.5 Å². The Balaban J connectivity index is 2.17. The molecule has 0 saturated carbocycles. The molecule has 0 saturated heterocycles. The molecule has 2 N–H and O–H groups in total. The molecule has 0 aliphatic carbocycles. The highest BCUT2D eigenvalue weighted by molar-refractivity contribution is 8.79. The topological polar surface area (TPSA) is 151 Å². The van der Waals surface area contributed by atoms with Crippen LogP contribution < -0.4 is 10.6 Å². The van der Waals surface area contributed by atoms with Gasteiger partial charge in [0.1, 0.15) is 23.7 Å². The van der Waals surface area contributed by atoms with E-state index in [9.17, 15) is 20.1 Å². The van der Waals surface area contributed by atoms with E-state index in [-0.39, 0.29) is 47.6 Å². The summed E-state index contributed by atoms with van der Waals surface area (Å²) < 4.78 is 21.3. The van der Waals surface area contributed by atoms with E-state index in [0.29, 0.717) is 11.5 Å². The van der Waals surface area contributed by atoms with E-state index in [0.717, 1.165) is 21.6 Å². The molecule has 178 valence electrons. The van der Waals surface area contributed by atoms with Gasteiger partial charge in [-0.15, -0.1) is 0 Å². The molecule has 0 aliphatic heterocycles. The first-order valence-corrected chi connectivity index (χ1v) is 12.2. The minimum atomic E-state index is -0.658. The Labute approximate surface area is 204 Å². The zero-order valence-corrected chi connectivity index (χ0v) is 20.1. The van der Waals surface area contributed by atoms with Crippen molar-refractivity contribution in [2.24, 2.45) is 0 Å². The highest BCUT2D eigenvalue weighted by Crippen LogP contribution is 2.40. The van der Waals surface area contributed by atoms with Gasteiger partial charge in [-0.1, -0.05) is 0 Å². The molecule has 2 aromatic heterocycles. The second-order valence-electron chi connectivity index (χ2n) is 6.11. The van der Waals surface area contributed by atoms with Crippen molar-refractivity contribution in [3.05, 3.63) is 69.6 Å². The fourth-order valence-corrected chi connectivity index (χ4v) is 4.50. The van der Waals surface area contributed by atoms with Gasteiger partial charge >= 0.3 is 0 Å². The molecule has 0 aliphatic rings. The van der Waals surface area contributed by atoms with Crippen LogP contribution >= 0.6 is 21.6 Å². The van der Waals surface area contributed by atoms with Crippen molar-refractivity contribution in [1.29, 1.82) is 10.5 Å². The van der Waals surface area contributed by atoms with Gasteiger partial charge in [0, 0.05) is 0 Å². The summed E-state index contributed by atoms with van der Waals surface area (Å²) in [6, 6.07) is 10.4. The first-order valence-electron chi connectivity index (χ1n) is 10.0. The van der Waals surface area contributed by atoms with Crippen molar-refractivity contribution in [3.8, 4) is 12.1 Å². The smallest absolute Gasteiger partial charge is 0.266 e. The molecule has 2 amide bonds. The van der Waals surface area contributed by atoms with Gasteiger partial charge in [-0.2, -0.15) is 10.5 Å². The van der Waals surface area contributed by atoms with Crippen LogP contribution in [-0.4, -0.2) is 25.0 Å². The number of hydrogen-bond donors (Lipinski definition) is 2. The Bertz CT molecular complexity index is 1010. The number of nitrogens with one attached hydrogen (secondary N) is 2. The lowest BCUT2D eigenvalue weighted by Gasteiger charge is -2.13. The lowest BCUT2D eigenvalue weighted by Crippen LogP contribution is -2.25. The van der Waals surface area contributed by atoms with E-state index in [1.807, 2.05) is 12.1 Å². The molecule has 0 aromatic carbocycles. The quantitative estimate of drug-likeness (QED) is 0.179. The number of carbonyl (C=O) groups excluding carboxylic acids is 2. The average molecular weight is 503 g/mol. The van der Waals surface area contributed by atoms with Gasteiger partial charge in [-0.25, -0.2) is 0 Å². The van der Waals surface area contributed by atoms with E-state index in [1.54, 1.807) is 38.1 Å². The van der Waals surface area contributed by atoms with Gasteiger partial charge < -0.3 is 28.9 Å². The van der Waals surface area contributed by atoms with Crippen molar-refractivity contribution in [1.82, 2.24) is 10.6 Å². The first-order chi connectivity index (χ1) is 16.5. The number of nitriles is 2. The van der Waals surface area contributed by atoms with Gasteiger partial charge in [-0.05, 0) is 59.7 Å². The summed E-state index contributed by atoms with van der Waals surface area (Å²) in [7, 11) is 1.78. The van der Waals surface area contributed by atoms with Crippen LogP contribution in [0.3, 0.4) is 0 Å². The molecule has 0 spiro atoms. The minimum Gasteiger partial charge on any atom is -0.485 e. The predicted molar refractivity (Wildman–Crippen MR) is 125 cm³/mol. The van der Waals surface area contributed by atoms with Gasteiger partial charge in [-0.3, -0.25) is 9.59 Å². The van der Waals surface area contributed by atoms with Crippen molar-refractivity contribution < 1.29 is 27.9 Å². The Kier molecular flexibility index (Phi) is 11.2. The van der Waals surface area contributed by atoms with Gasteiger partial charge in [0.05, 0.1) is 38.8 Å². The Morgan fingerprint density at radius 1 is 0.853 bits per heavy atom. The SMILES string of the molecule is CCO/C(SS/C(OCC)=C(/C#N)C(=O)NCc1ccco1)=C(\C#N)C(=O)NCc1ccco1. The van der Waals surface area contributed by atoms with E-state index >= 15 is 0 Å². The fourth-order valence-electron chi connectivity index (χ4n) is 2.33. The molecule has 2 rings (SSSR count). The average Bonchev–Trinajstić information content (AvgIpc) is 3.55. The molecular formula is C22H22N4O6S2. The summed E-state index contributed by atoms with van der Waals surface area (Å²) in [5, 5.41) is 24.3. The zero-order valence-electron chi connectivity index (χ0n) is 18.5. The maximum Gasteiger partial charge on any atom is 0.266 e. The number of rotatable bonds is 13. The molecule has 0 atom stereocenters. The minimum absolute atomic E-state index is 0.0115. The Morgan fingerprint density at radius 3 is 1.56 bits per heavy atom. The van der Waals surface area contributed by atoms with Crippen LogP contribution in [-0.2, 0) is 32.2 Å². The van der Waals surface area contributed by atoms with Crippen LogP contribution in [0.25, 0.3) is 0 Å². The van der Waals surface area contributed by atoms with Crippen molar-refractivity contribution in [2.45, 2.75) is 26.9 Å². The third-order valence-corrected chi connectivity index (χ3v) is 6.02. The summed E-state index contributed by atoms with van der Waals surface area (Å²) >= 11 is 0. The monoisotopic (exact) mass is 502 g/mol. The van der Waals surface area contributed by atoms with Crippen LogP contribution in [0, 0.1) is 22.7 Å². The van der Waals surface area contributed by atoms with Crippen LogP contribution in [0.5, 0.6) is 0 Å². The third kappa shape index (κ3) is 7.99. The Morgan fingerprint density at radius 2 is 1.26 bits per heavy atom. The van der Waals surface area contributed by atoms with Crippen molar-refractivity contribution in [2.75, 3.05) is 13.2 Å². The molecular weight excluding hydrogens is 480 g/mol. The largest absolute Gasteiger partial charge is 0.485 e. The van der Waals surface area contributed by atoms with E-state index < -0.39 is 11.8 Å². The lowest BCUT2D eigenvalue weighted by molar-refractivity contribution is -0.118. The van der Waals surface area contributed by atoms with Crippen LogP contribution in [0.4, 0.5) is 0 Å². The number of nitrogens with zero attached hydrogens (tertiary/aromatic N) is 2. The van der Waals surface area contributed by atoms with E-state index in [2.05, 4.69) is 10.6 Å². The number of hydrogen-bond acceptors (Lipinski definition) is 10. The maximum atomic E-state index is 12.5. The molecule has 10 nitrogen and oxygen atoms in total. The maximum absolute atomic E-state index is 12.5. The van der Waals surface area contributed by atoms with Crippen molar-refractivity contribution >= 4 is 33.4 Å². The third-order valence-electron chi connectivity index (χ3n) is 3.84. The second-order valence-corrected chi connectivity index (χ2v) is 8.18. The number of furan rings is 2. The molecule has 0 radical (unpaired) electrons. The molecule has 34 heavy (non-hydrogen) atoms. The molecule has 0 bridgehead atoms. The summed E-state index contributed by atoms with van der Waals surface area (Å²) in [5.41, 5.74) is -0.523. The second kappa shape index (κ2) is 14.4. The first kappa shape index (κ1) is 26.5. The van der Waals surface area contributed by atoms with Crippen LogP contribution in [0.15, 0.2) is 67.0 Å². The summed E-state index contributed by atoms with van der Waals surface area (Å²) in [4.78, 5) is 25.1. The summed E-state index contributed by atoms with van der Waals surface area (Å²) in [6.45, 7) is 3.94. The number of amides is 2. The van der Waals surface area contributed by atoms with Crippen molar-refractivity contribution in [3.63, 3.8) is 0 Å². The molecule has 0 fully saturated rings. The highest BCUT2D eigenvalue weighted by atomic mass is 33.1. The summed E-state index contributed by atoms with van der Waals surface area (Å²) in [5.74, 6) is -0.277. The number of carbonyl (C=O) groups is 2. The van der Waals surface area contributed by atoms with Crippen LogP contribution in [0.2, 0.25) is 0 Å². The lowest BCUT2D eigenvalue weighted by atomic mass is 10.3. The normalized spacial score (nSPS) is 11.9.